The van der Waals surface area contributed by atoms with Crippen LogP contribution in [0, 0.1) is 11.8 Å². The smallest absolute Gasteiger partial charge is 0.324 e. The first-order valence-electron chi connectivity index (χ1n) is 7.93. The van der Waals surface area contributed by atoms with Gasteiger partial charge in [0.1, 0.15) is 12.4 Å². The monoisotopic (exact) mass is 366 g/mol. The van der Waals surface area contributed by atoms with E-state index < -0.39 is 0 Å². The van der Waals surface area contributed by atoms with Crippen LogP contribution in [0.4, 0.5) is 16.3 Å². The molecule has 132 valence electrons. The Balaban J connectivity index is 1.76. The number of thioether (sulfide) groups is 1. The highest BCUT2D eigenvalue weighted by Gasteiger charge is 2.11. The van der Waals surface area contributed by atoms with Crippen LogP contribution < -0.4 is 15.4 Å². The van der Waals surface area contributed by atoms with Crippen LogP contribution in [-0.4, -0.2) is 29.1 Å². The molecule has 2 amide bonds. The van der Waals surface area contributed by atoms with Gasteiger partial charge >= 0.3 is 6.03 Å². The molecule has 3 N–H and O–H groups in total. The number of hydrogen-bond donors (Lipinski definition) is 3. The maximum Gasteiger partial charge on any atom is 0.324 e. The van der Waals surface area contributed by atoms with E-state index in [1.54, 1.807) is 18.7 Å². The van der Waals surface area contributed by atoms with E-state index in [4.69, 9.17) is 4.74 Å². The lowest BCUT2D eigenvalue weighted by molar-refractivity contribution is 0.262. The minimum atomic E-state index is -0.358. The number of rotatable bonds is 5. The number of carbonyl (C=O) groups excluding carboxylic acids is 1. The topological polar surface area (TPSA) is 79.0 Å². The normalized spacial score (nSPS) is 10.1. The van der Waals surface area contributed by atoms with Crippen molar-refractivity contribution < 1.29 is 9.53 Å². The molecule has 7 heteroatoms. The molecule has 0 fully saturated rings. The van der Waals surface area contributed by atoms with Gasteiger partial charge in [0, 0.05) is 10.3 Å². The van der Waals surface area contributed by atoms with Gasteiger partial charge in [-0.3, -0.25) is 10.4 Å². The SMILES string of the molecule is CC#CCOc1ccc2[nH]nc(NC(=O)Nc3ccccc3SC)c2c1. The zero-order valence-electron chi connectivity index (χ0n) is 14.4. The van der Waals surface area contributed by atoms with Crippen LogP contribution in [0.15, 0.2) is 47.4 Å². The van der Waals surface area contributed by atoms with Gasteiger partial charge in [0.2, 0.25) is 0 Å². The summed E-state index contributed by atoms with van der Waals surface area (Å²) in [5.41, 5.74) is 1.55. The second kappa shape index (κ2) is 8.32. The number of nitrogens with one attached hydrogen (secondary N) is 3. The maximum atomic E-state index is 12.4. The van der Waals surface area contributed by atoms with Crippen molar-refractivity contribution in [3.05, 3.63) is 42.5 Å². The molecular weight excluding hydrogens is 348 g/mol. The molecule has 26 heavy (non-hydrogen) atoms. The summed E-state index contributed by atoms with van der Waals surface area (Å²) in [6.07, 6.45) is 1.96. The standard InChI is InChI=1S/C19H18N4O2S/c1-3-4-11-25-13-9-10-15-14(12-13)18(23-22-15)21-19(24)20-16-7-5-6-8-17(16)26-2/h5-10,12H,11H2,1-2H3,(H3,20,21,22,23,24). The van der Waals surface area contributed by atoms with Crippen LogP contribution in [0.3, 0.4) is 0 Å². The van der Waals surface area contributed by atoms with Crippen LogP contribution in [0.5, 0.6) is 5.75 Å². The van der Waals surface area contributed by atoms with Crippen molar-refractivity contribution in [1.29, 1.82) is 0 Å². The Bertz CT molecular complexity index is 988. The van der Waals surface area contributed by atoms with Gasteiger partial charge < -0.3 is 10.1 Å². The summed E-state index contributed by atoms with van der Waals surface area (Å²) < 4.78 is 5.56. The molecule has 0 aliphatic carbocycles. The molecule has 3 aromatic rings. The van der Waals surface area contributed by atoms with Crippen molar-refractivity contribution in [3.63, 3.8) is 0 Å². The van der Waals surface area contributed by atoms with Crippen molar-refractivity contribution in [2.75, 3.05) is 23.5 Å². The van der Waals surface area contributed by atoms with Crippen molar-refractivity contribution >= 4 is 40.2 Å². The number of nitrogens with zero attached hydrogens (tertiary/aromatic N) is 1. The molecule has 0 bridgehead atoms. The van der Waals surface area contributed by atoms with Gasteiger partial charge in [0.25, 0.3) is 0 Å². The largest absolute Gasteiger partial charge is 0.481 e. The Morgan fingerprint density at radius 2 is 2.12 bits per heavy atom. The van der Waals surface area contributed by atoms with Crippen LogP contribution in [0.1, 0.15) is 6.92 Å². The first kappa shape index (κ1) is 17.7. The average molecular weight is 366 g/mol. The molecule has 0 unspecified atom stereocenters. The molecule has 0 aliphatic rings. The minimum absolute atomic E-state index is 0.314. The lowest BCUT2D eigenvalue weighted by atomic mass is 10.2. The molecule has 0 saturated carbocycles. The fourth-order valence-corrected chi connectivity index (χ4v) is 2.93. The molecule has 1 heterocycles. The number of carbonyl (C=O) groups is 1. The summed E-state index contributed by atoms with van der Waals surface area (Å²) in [5.74, 6) is 6.73. The summed E-state index contributed by atoms with van der Waals surface area (Å²) in [4.78, 5) is 13.3. The van der Waals surface area contributed by atoms with E-state index in [9.17, 15) is 4.79 Å². The van der Waals surface area contributed by atoms with E-state index >= 15 is 0 Å². The summed E-state index contributed by atoms with van der Waals surface area (Å²) >= 11 is 1.57. The van der Waals surface area contributed by atoms with Crippen molar-refractivity contribution in [1.82, 2.24) is 10.2 Å². The van der Waals surface area contributed by atoms with E-state index in [1.165, 1.54) is 0 Å². The number of fused-ring (bicyclic) bond motifs is 1. The summed E-state index contributed by atoms with van der Waals surface area (Å²) in [6, 6.07) is 12.8. The summed E-state index contributed by atoms with van der Waals surface area (Å²) in [6.45, 7) is 2.08. The number of anilines is 2. The second-order valence-corrected chi connectivity index (χ2v) is 6.12. The lowest BCUT2D eigenvalue weighted by Crippen LogP contribution is -2.20. The number of hydrogen-bond acceptors (Lipinski definition) is 4. The molecule has 2 aromatic carbocycles. The lowest BCUT2D eigenvalue weighted by Gasteiger charge is -2.09. The van der Waals surface area contributed by atoms with Gasteiger partial charge in [-0.2, -0.15) is 5.10 Å². The van der Waals surface area contributed by atoms with Crippen molar-refractivity contribution in [2.45, 2.75) is 11.8 Å². The molecule has 0 spiro atoms. The predicted molar refractivity (Wildman–Crippen MR) is 106 cm³/mol. The Labute approximate surface area is 155 Å². The first-order chi connectivity index (χ1) is 12.7. The number of aromatic amines is 1. The highest BCUT2D eigenvalue weighted by atomic mass is 32.2. The van der Waals surface area contributed by atoms with Crippen LogP contribution >= 0.6 is 11.8 Å². The number of aromatic nitrogens is 2. The van der Waals surface area contributed by atoms with Gasteiger partial charge in [-0.05, 0) is 43.5 Å². The zero-order valence-corrected chi connectivity index (χ0v) is 15.2. The number of ether oxygens (including phenoxy) is 1. The fraction of sp³-hybridized carbons (Fsp3) is 0.158. The van der Waals surface area contributed by atoms with Gasteiger partial charge in [-0.25, -0.2) is 4.79 Å². The number of benzene rings is 2. The average Bonchev–Trinajstić information content (AvgIpc) is 3.04. The van der Waals surface area contributed by atoms with Gasteiger partial charge in [-0.1, -0.05) is 18.1 Å². The van der Waals surface area contributed by atoms with Crippen LogP contribution in [0.2, 0.25) is 0 Å². The molecule has 3 rings (SSSR count). The van der Waals surface area contributed by atoms with Gasteiger partial charge in [-0.15, -0.1) is 17.7 Å². The number of urea groups is 1. The predicted octanol–water partition coefficient (Wildman–Crippen LogP) is 4.33. The quantitative estimate of drug-likeness (QED) is 0.464. The summed E-state index contributed by atoms with van der Waals surface area (Å²) in [5, 5.41) is 13.5. The molecule has 0 atom stereocenters. The highest BCUT2D eigenvalue weighted by molar-refractivity contribution is 7.98. The molecular formula is C19H18N4O2S. The molecule has 0 radical (unpaired) electrons. The second-order valence-electron chi connectivity index (χ2n) is 5.27. The minimum Gasteiger partial charge on any atom is -0.481 e. The number of para-hydroxylation sites is 1. The van der Waals surface area contributed by atoms with E-state index in [0.29, 0.717) is 18.2 Å². The van der Waals surface area contributed by atoms with E-state index in [0.717, 1.165) is 21.5 Å². The Morgan fingerprint density at radius 3 is 2.92 bits per heavy atom. The van der Waals surface area contributed by atoms with Crippen molar-refractivity contribution in [2.24, 2.45) is 0 Å². The van der Waals surface area contributed by atoms with Gasteiger partial charge in [0.15, 0.2) is 5.82 Å². The number of H-pyrrole nitrogens is 1. The zero-order chi connectivity index (χ0) is 18.4. The fourth-order valence-electron chi connectivity index (χ4n) is 2.38. The van der Waals surface area contributed by atoms with E-state index in [1.807, 2.05) is 48.7 Å². The highest BCUT2D eigenvalue weighted by Crippen LogP contribution is 2.27. The van der Waals surface area contributed by atoms with Crippen LogP contribution in [0.25, 0.3) is 10.9 Å². The van der Waals surface area contributed by atoms with Crippen LogP contribution in [-0.2, 0) is 0 Å². The Hall–Kier alpha value is -3.11. The maximum absolute atomic E-state index is 12.4. The third-order valence-corrected chi connectivity index (χ3v) is 4.41. The molecule has 1 aromatic heterocycles. The number of amides is 2. The molecule has 0 saturated heterocycles. The van der Waals surface area contributed by atoms with Crippen molar-refractivity contribution in [3.8, 4) is 17.6 Å². The van der Waals surface area contributed by atoms with Gasteiger partial charge in [0.05, 0.1) is 11.2 Å². The van der Waals surface area contributed by atoms with E-state index in [-0.39, 0.29) is 6.03 Å². The third kappa shape index (κ3) is 4.10. The Morgan fingerprint density at radius 1 is 1.27 bits per heavy atom. The van der Waals surface area contributed by atoms with E-state index in [2.05, 4.69) is 32.7 Å². The molecule has 6 nitrogen and oxygen atoms in total. The first-order valence-corrected chi connectivity index (χ1v) is 9.15. The molecule has 0 aliphatic heterocycles. The Kier molecular flexibility index (Phi) is 5.66. The summed E-state index contributed by atoms with van der Waals surface area (Å²) in [7, 11) is 0. The third-order valence-electron chi connectivity index (χ3n) is 3.61.